The van der Waals surface area contributed by atoms with Crippen LogP contribution in [0.2, 0.25) is 0 Å². The van der Waals surface area contributed by atoms with Crippen molar-refractivity contribution in [3.63, 3.8) is 0 Å². The summed E-state index contributed by atoms with van der Waals surface area (Å²) in [4.78, 5) is 0. The fourth-order valence-corrected chi connectivity index (χ4v) is 1.22. The van der Waals surface area contributed by atoms with Gasteiger partial charge in [0.1, 0.15) is 6.10 Å². The fraction of sp³-hybridized carbons (Fsp3) is 0.800. The van der Waals surface area contributed by atoms with Gasteiger partial charge < -0.3 is 9.84 Å². The molecule has 1 heterocycles. The minimum atomic E-state index is -0.619. The molecule has 70 valence electrons. The molecular weight excluding hydrogens is 152 g/mol. The third kappa shape index (κ3) is 2.95. The maximum atomic E-state index is 9.81. The van der Waals surface area contributed by atoms with Gasteiger partial charge in [0, 0.05) is 0 Å². The summed E-state index contributed by atoms with van der Waals surface area (Å²) in [6, 6.07) is 0. The largest absolute Gasteiger partial charge is 0.387 e. The number of aliphatic hydroxyl groups is 1. The Hall–Kier alpha value is -0.340. The van der Waals surface area contributed by atoms with Gasteiger partial charge in [0.25, 0.3) is 0 Å². The lowest BCUT2D eigenvalue weighted by Crippen LogP contribution is -2.30. The standard InChI is InChI=1S/C10H18O2/c1-8(2)5-4-6-10(3,11)9-7-12-9/h5,9,11H,4,6-7H2,1-3H3/t9?,10-/m1/s1. The van der Waals surface area contributed by atoms with Crippen molar-refractivity contribution >= 4 is 0 Å². The predicted molar refractivity (Wildman–Crippen MR) is 49.0 cm³/mol. The molecule has 0 bridgehead atoms. The Labute approximate surface area is 74.2 Å². The maximum Gasteiger partial charge on any atom is 0.109 e. The van der Waals surface area contributed by atoms with Crippen molar-refractivity contribution in [2.24, 2.45) is 0 Å². The van der Waals surface area contributed by atoms with Crippen LogP contribution < -0.4 is 0 Å². The zero-order valence-corrected chi connectivity index (χ0v) is 8.13. The lowest BCUT2D eigenvalue weighted by Gasteiger charge is -2.19. The third-order valence-corrected chi connectivity index (χ3v) is 2.23. The van der Waals surface area contributed by atoms with Crippen LogP contribution in [0, 0.1) is 0 Å². The second kappa shape index (κ2) is 3.58. The van der Waals surface area contributed by atoms with Crippen LogP contribution in [0.25, 0.3) is 0 Å². The van der Waals surface area contributed by atoms with E-state index in [2.05, 4.69) is 19.9 Å². The number of allylic oxidation sites excluding steroid dienone is 2. The minimum absolute atomic E-state index is 0.0862. The first kappa shape index (κ1) is 9.75. The van der Waals surface area contributed by atoms with Crippen molar-refractivity contribution in [3.05, 3.63) is 11.6 Å². The molecule has 2 atom stereocenters. The summed E-state index contributed by atoms with van der Waals surface area (Å²) in [5.74, 6) is 0. The molecule has 1 rings (SSSR count). The number of ether oxygens (including phenoxy) is 1. The molecule has 0 amide bonds. The molecule has 0 aromatic rings. The maximum absolute atomic E-state index is 9.81. The summed E-state index contributed by atoms with van der Waals surface area (Å²) < 4.78 is 5.06. The van der Waals surface area contributed by atoms with Gasteiger partial charge in [0.15, 0.2) is 0 Å². The molecule has 0 aromatic heterocycles. The molecule has 2 nitrogen and oxygen atoms in total. The second-order valence-corrected chi connectivity index (χ2v) is 4.00. The molecule has 0 radical (unpaired) electrons. The summed E-state index contributed by atoms with van der Waals surface area (Å²) >= 11 is 0. The predicted octanol–water partition coefficient (Wildman–Crippen LogP) is 1.88. The van der Waals surface area contributed by atoms with Gasteiger partial charge in [-0.05, 0) is 33.6 Å². The van der Waals surface area contributed by atoms with Crippen LogP contribution in [-0.2, 0) is 4.74 Å². The topological polar surface area (TPSA) is 32.8 Å². The van der Waals surface area contributed by atoms with Crippen molar-refractivity contribution in [1.29, 1.82) is 0 Å². The van der Waals surface area contributed by atoms with Gasteiger partial charge in [-0.25, -0.2) is 0 Å². The molecule has 0 aliphatic carbocycles. The molecule has 12 heavy (non-hydrogen) atoms. The highest BCUT2D eigenvalue weighted by Gasteiger charge is 2.40. The van der Waals surface area contributed by atoms with Crippen LogP contribution in [0.5, 0.6) is 0 Å². The molecule has 2 heteroatoms. The molecule has 1 N–H and O–H groups in total. The van der Waals surface area contributed by atoms with Gasteiger partial charge in [0.05, 0.1) is 12.2 Å². The van der Waals surface area contributed by atoms with Gasteiger partial charge in [-0.2, -0.15) is 0 Å². The molecule has 0 saturated carbocycles. The second-order valence-electron chi connectivity index (χ2n) is 4.00. The van der Waals surface area contributed by atoms with Gasteiger partial charge >= 0.3 is 0 Å². The summed E-state index contributed by atoms with van der Waals surface area (Å²) in [6.45, 7) is 6.72. The quantitative estimate of drug-likeness (QED) is 0.516. The molecule has 1 aliphatic heterocycles. The van der Waals surface area contributed by atoms with Gasteiger partial charge in [-0.3, -0.25) is 0 Å². The summed E-state index contributed by atoms with van der Waals surface area (Å²) in [5.41, 5.74) is 0.689. The van der Waals surface area contributed by atoms with E-state index >= 15 is 0 Å². The average Bonchev–Trinajstić information content (AvgIpc) is 2.65. The normalized spacial score (nSPS) is 26.2. The van der Waals surface area contributed by atoms with E-state index in [1.165, 1.54) is 5.57 Å². The Morgan fingerprint density at radius 1 is 1.67 bits per heavy atom. The van der Waals surface area contributed by atoms with Crippen molar-refractivity contribution in [3.8, 4) is 0 Å². The molecule has 1 fully saturated rings. The van der Waals surface area contributed by atoms with Crippen LogP contribution in [0.1, 0.15) is 33.6 Å². The lowest BCUT2D eigenvalue weighted by molar-refractivity contribution is 0.0225. The van der Waals surface area contributed by atoms with Crippen LogP contribution in [0.3, 0.4) is 0 Å². The Balaban J connectivity index is 2.25. The number of hydrogen-bond donors (Lipinski definition) is 1. The minimum Gasteiger partial charge on any atom is -0.387 e. The number of rotatable bonds is 4. The van der Waals surface area contributed by atoms with E-state index in [0.717, 1.165) is 19.4 Å². The highest BCUT2D eigenvalue weighted by molar-refractivity contribution is 4.97. The van der Waals surface area contributed by atoms with E-state index in [9.17, 15) is 5.11 Å². The molecule has 1 aliphatic rings. The molecule has 1 saturated heterocycles. The first-order valence-corrected chi connectivity index (χ1v) is 4.50. The lowest BCUT2D eigenvalue weighted by atomic mass is 9.96. The van der Waals surface area contributed by atoms with Crippen molar-refractivity contribution in [2.75, 3.05) is 6.61 Å². The average molecular weight is 170 g/mol. The Morgan fingerprint density at radius 2 is 2.25 bits per heavy atom. The van der Waals surface area contributed by atoms with Gasteiger partial charge in [-0.1, -0.05) is 11.6 Å². The zero-order valence-electron chi connectivity index (χ0n) is 8.13. The number of epoxide rings is 1. The summed E-state index contributed by atoms with van der Waals surface area (Å²) in [6.07, 6.45) is 3.97. The van der Waals surface area contributed by atoms with E-state index in [1.807, 2.05) is 6.92 Å². The van der Waals surface area contributed by atoms with E-state index in [-0.39, 0.29) is 6.10 Å². The van der Waals surface area contributed by atoms with Crippen molar-refractivity contribution in [2.45, 2.75) is 45.3 Å². The van der Waals surface area contributed by atoms with Gasteiger partial charge in [0.2, 0.25) is 0 Å². The van der Waals surface area contributed by atoms with Crippen molar-refractivity contribution in [1.82, 2.24) is 0 Å². The van der Waals surface area contributed by atoms with Crippen LogP contribution in [0.4, 0.5) is 0 Å². The van der Waals surface area contributed by atoms with Crippen LogP contribution in [-0.4, -0.2) is 23.4 Å². The van der Waals surface area contributed by atoms with E-state index < -0.39 is 5.60 Å². The number of hydrogen-bond acceptors (Lipinski definition) is 2. The third-order valence-electron chi connectivity index (χ3n) is 2.23. The molecule has 0 spiro atoms. The molecular formula is C10H18O2. The first-order valence-electron chi connectivity index (χ1n) is 4.50. The van der Waals surface area contributed by atoms with Gasteiger partial charge in [-0.15, -0.1) is 0 Å². The van der Waals surface area contributed by atoms with Crippen LogP contribution in [0.15, 0.2) is 11.6 Å². The zero-order chi connectivity index (χ0) is 9.19. The van der Waals surface area contributed by atoms with E-state index in [0.29, 0.717) is 0 Å². The highest BCUT2D eigenvalue weighted by Crippen LogP contribution is 2.28. The molecule has 1 unspecified atom stereocenters. The Bertz CT molecular complexity index is 174. The first-order chi connectivity index (χ1) is 5.52. The smallest absolute Gasteiger partial charge is 0.109 e. The van der Waals surface area contributed by atoms with Crippen LogP contribution >= 0.6 is 0 Å². The summed E-state index contributed by atoms with van der Waals surface area (Å²) in [5, 5.41) is 9.81. The van der Waals surface area contributed by atoms with E-state index in [1.54, 1.807) is 0 Å². The Morgan fingerprint density at radius 3 is 2.67 bits per heavy atom. The molecule has 0 aromatic carbocycles. The fourth-order valence-electron chi connectivity index (χ4n) is 1.22. The summed E-state index contributed by atoms with van der Waals surface area (Å²) in [7, 11) is 0. The highest BCUT2D eigenvalue weighted by atomic mass is 16.6. The Kier molecular flexibility index (Phi) is 2.91. The van der Waals surface area contributed by atoms with Crippen molar-refractivity contribution < 1.29 is 9.84 Å². The monoisotopic (exact) mass is 170 g/mol. The SMILES string of the molecule is CC(C)=CCC[C@@](C)(O)C1CO1. The van der Waals surface area contributed by atoms with E-state index in [4.69, 9.17) is 4.74 Å².